The molecule has 0 spiro atoms. The minimum absolute atomic E-state index is 0.105. The van der Waals surface area contributed by atoms with Gasteiger partial charge in [-0.05, 0) is 6.92 Å². The van der Waals surface area contributed by atoms with Crippen LogP contribution in [-0.4, -0.2) is 120 Å². The lowest BCUT2D eigenvalue weighted by atomic mass is 9.96. The van der Waals surface area contributed by atoms with Crippen molar-refractivity contribution in [2.45, 2.75) is 68.9 Å². The second-order valence-corrected chi connectivity index (χ2v) is 8.12. The van der Waals surface area contributed by atoms with Gasteiger partial charge in [-0.1, -0.05) is 6.58 Å². The molecule has 199 valence electrons. The fourth-order valence-corrected chi connectivity index (χ4v) is 3.57. The van der Waals surface area contributed by atoms with Gasteiger partial charge in [-0.15, -0.1) is 0 Å². The van der Waals surface area contributed by atoms with Crippen LogP contribution in [0.3, 0.4) is 0 Å². The van der Waals surface area contributed by atoms with Crippen LogP contribution in [0.25, 0.3) is 0 Å². The Balaban J connectivity index is 2.12. The van der Waals surface area contributed by atoms with Crippen molar-refractivity contribution in [3.8, 4) is 0 Å². The first-order chi connectivity index (χ1) is 16.5. The Bertz CT molecular complexity index is 765. The lowest BCUT2D eigenvalue weighted by Crippen LogP contribution is -2.66. The van der Waals surface area contributed by atoms with Gasteiger partial charge in [-0.3, -0.25) is 9.59 Å². The van der Waals surface area contributed by atoms with E-state index in [2.05, 4.69) is 17.2 Å². The minimum Gasteiger partial charge on any atom is -0.460 e. The number of methoxy groups -OCH3 is 1. The Labute approximate surface area is 202 Å². The molecule has 2 aliphatic rings. The summed E-state index contributed by atoms with van der Waals surface area (Å²) in [6.45, 7) is 6.46. The highest BCUT2D eigenvalue weighted by Crippen LogP contribution is 2.29. The topological polar surface area (TPSA) is 202 Å². The maximum atomic E-state index is 12.7. The number of esters is 1. The summed E-state index contributed by atoms with van der Waals surface area (Å²) in [4.78, 5) is 35.6. The molecule has 2 fully saturated rings. The lowest BCUT2D eigenvalue weighted by Gasteiger charge is -2.45. The molecule has 0 aromatic heterocycles. The zero-order valence-corrected chi connectivity index (χ0v) is 19.7. The van der Waals surface area contributed by atoms with Crippen LogP contribution < -0.4 is 10.6 Å². The van der Waals surface area contributed by atoms with Gasteiger partial charge in [0.05, 0.1) is 19.2 Å². The number of ether oxygens (including phenoxy) is 5. The van der Waals surface area contributed by atoms with Crippen molar-refractivity contribution in [3.05, 3.63) is 18.8 Å². The first kappa shape index (κ1) is 29.1. The van der Waals surface area contributed by atoms with Crippen molar-refractivity contribution in [2.75, 3.05) is 26.9 Å². The zero-order valence-electron chi connectivity index (χ0n) is 19.7. The van der Waals surface area contributed by atoms with Crippen LogP contribution in [0, 0.1) is 6.61 Å². The summed E-state index contributed by atoms with van der Waals surface area (Å²) < 4.78 is 26.5. The van der Waals surface area contributed by atoms with E-state index in [1.54, 1.807) is 0 Å². The van der Waals surface area contributed by atoms with E-state index in [1.807, 2.05) is 0 Å². The summed E-state index contributed by atoms with van der Waals surface area (Å²) in [6.07, 6.45) is -11.5. The third kappa shape index (κ3) is 7.41. The van der Waals surface area contributed by atoms with Crippen LogP contribution in [0.5, 0.6) is 0 Å². The molecule has 6 N–H and O–H groups in total. The highest BCUT2D eigenvalue weighted by Gasteiger charge is 2.51. The Morgan fingerprint density at radius 2 is 1.77 bits per heavy atom. The fraction of sp³-hybridized carbons (Fsp3) is 0.714. The predicted octanol–water partition coefficient (Wildman–Crippen LogP) is -3.51. The number of rotatable bonds is 10. The molecule has 14 heteroatoms. The third-order valence-corrected chi connectivity index (χ3v) is 5.37. The molecule has 35 heavy (non-hydrogen) atoms. The second kappa shape index (κ2) is 13.2. The van der Waals surface area contributed by atoms with Crippen molar-refractivity contribution in [1.82, 2.24) is 10.6 Å². The molecule has 14 nitrogen and oxygen atoms in total. The Kier molecular flexibility index (Phi) is 11.0. The van der Waals surface area contributed by atoms with Gasteiger partial charge in [0.15, 0.2) is 12.4 Å². The van der Waals surface area contributed by atoms with E-state index in [9.17, 15) is 34.8 Å². The highest BCUT2D eigenvalue weighted by molar-refractivity contribution is 5.87. The molecule has 0 aliphatic carbocycles. The quantitative estimate of drug-likeness (QED) is 0.0972. The molecule has 2 aliphatic heterocycles. The van der Waals surface area contributed by atoms with Crippen molar-refractivity contribution in [3.63, 3.8) is 0 Å². The van der Waals surface area contributed by atoms with Crippen molar-refractivity contribution in [1.29, 1.82) is 0 Å². The summed E-state index contributed by atoms with van der Waals surface area (Å²) in [6, 6.07) is -0.996. The molecule has 0 aromatic carbocycles. The molecular formula is C21H33N2O12. The summed E-state index contributed by atoms with van der Waals surface area (Å²) in [5, 5.41) is 46.1. The number of hydrogen-bond donors (Lipinski definition) is 6. The van der Waals surface area contributed by atoms with Gasteiger partial charge in [-0.2, -0.15) is 0 Å². The smallest absolute Gasteiger partial charge is 0.333 e. The maximum Gasteiger partial charge on any atom is 0.333 e. The summed E-state index contributed by atoms with van der Waals surface area (Å²) >= 11 is 0. The number of amides is 2. The molecular weight excluding hydrogens is 472 g/mol. The SMILES string of the molecule is C=C(C)C(=O)OCCNC(=O)C1O[C@@H](O[C@@H]2C(NC(C)=O)[CH]OC(CO)[C@H]2O)C(O)[C@@H](OC)[C@@H]1O. The van der Waals surface area contributed by atoms with Gasteiger partial charge in [-0.25, -0.2) is 4.79 Å². The van der Waals surface area contributed by atoms with Crippen LogP contribution in [0.15, 0.2) is 12.2 Å². The van der Waals surface area contributed by atoms with E-state index >= 15 is 0 Å². The highest BCUT2D eigenvalue weighted by atomic mass is 16.7. The van der Waals surface area contributed by atoms with Crippen LogP contribution >= 0.6 is 0 Å². The molecule has 1 radical (unpaired) electrons. The van der Waals surface area contributed by atoms with E-state index in [1.165, 1.54) is 21.0 Å². The molecule has 4 unspecified atom stereocenters. The number of nitrogens with one attached hydrogen (secondary N) is 2. The van der Waals surface area contributed by atoms with E-state index in [4.69, 9.17) is 23.7 Å². The van der Waals surface area contributed by atoms with Gasteiger partial charge in [0.2, 0.25) is 5.91 Å². The number of aliphatic hydroxyl groups is 4. The lowest BCUT2D eigenvalue weighted by molar-refractivity contribution is -0.319. The summed E-state index contributed by atoms with van der Waals surface area (Å²) in [5.41, 5.74) is 0.188. The van der Waals surface area contributed by atoms with E-state index in [-0.39, 0.29) is 18.7 Å². The number of aliphatic hydroxyl groups excluding tert-OH is 4. The molecule has 2 heterocycles. The largest absolute Gasteiger partial charge is 0.460 e. The molecule has 0 bridgehead atoms. The van der Waals surface area contributed by atoms with E-state index in [0.717, 1.165) is 6.61 Å². The Morgan fingerprint density at radius 1 is 1.09 bits per heavy atom. The zero-order chi connectivity index (χ0) is 26.3. The van der Waals surface area contributed by atoms with Crippen LogP contribution in [0.2, 0.25) is 0 Å². The van der Waals surface area contributed by atoms with Crippen LogP contribution in [0.1, 0.15) is 13.8 Å². The van der Waals surface area contributed by atoms with Gasteiger partial charge in [0.25, 0.3) is 5.91 Å². The van der Waals surface area contributed by atoms with Gasteiger partial charge in [0, 0.05) is 19.6 Å². The van der Waals surface area contributed by atoms with Crippen LogP contribution in [0.4, 0.5) is 0 Å². The number of hydrogen-bond acceptors (Lipinski definition) is 12. The van der Waals surface area contributed by atoms with E-state index < -0.39 is 79.5 Å². The molecule has 2 saturated heterocycles. The first-order valence-electron chi connectivity index (χ1n) is 10.9. The average Bonchev–Trinajstić information content (AvgIpc) is 2.80. The third-order valence-electron chi connectivity index (χ3n) is 5.37. The fourth-order valence-electron chi connectivity index (χ4n) is 3.57. The molecule has 9 atom stereocenters. The second-order valence-electron chi connectivity index (χ2n) is 8.12. The predicted molar refractivity (Wildman–Crippen MR) is 115 cm³/mol. The normalized spacial score (nSPS) is 35.1. The molecule has 0 aromatic rings. The van der Waals surface area contributed by atoms with Gasteiger partial charge >= 0.3 is 5.97 Å². The Morgan fingerprint density at radius 3 is 2.34 bits per heavy atom. The van der Waals surface area contributed by atoms with Gasteiger partial charge < -0.3 is 54.7 Å². The van der Waals surface area contributed by atoms with Crippen molar-refractivity contribution >= 4 is 17.8 Å². The Hall–Kier alpha value is -2.17. The minimum atomic E-state index is -1.60. The average molecular weight is 505 g/mol. The standard InChI is InChI=1S/C21H33N2O12/c1-9(2)20(30)32-6-5-22-19(29)18-14(27)17(31-4)15(28)21(35-18)34-16-11(23-10(3)25)8-33-12(7-24)13(16)26/h8,11-18,21,24,26-28H,1,5-7H2,2-4H3,(H,22,29)(H,23,25)/t11?,12?,13-,14+,15?,16-,17+,18?,21-/m1/s1. The first-order valence-corrected chi connectivity index (χ1v) is 10.9. The maximum absolute atomic E-state index is 12.7. The van der Waals surface area contributed by atoms with Gasteiger partial charge in [0.1, 0.15) is 49.8 Å². The number of carbonyl (C=O) groups excluding carboxylic acids is 3. The number of carbonyl (C=O) groups is 3. The molecule has 2 amide bonds. The summed E-state index contributed by atoms with van der Waals surface area (Å²) in [5.74, 6) is -1.92. The van der Waals surface area contributed by atoms with Crippen molar-refractivity contribution in [2.24, 2.45) is 0 Å². The van der Waals surface area contributed by atoms with Crippen LogP contribution in [-0.2, 0) is 38.1 Å². The summed E-state index contributed by atoms with van der Waals surface area (Å²) in [7, 11) is 1.20. The van der Waals surface area contributed by atoms with E-state index in [0.29, 0.717) is 0 Å². The molecule has 0 saturated carbocycles. The molecule has 2 rings (SSSR count). The monoisotopic (exact) mass is 505 g/mol. The van der Waals surface area contributed by atoms with Crippen molar-refractivity contribution < 1.29 is 58.5 Å².